The van der Waals surface area contributed by atoms with Crippen LogP contribution in [-0.2, 0) is 4.74 Å². The van der Waals surface area contributed by atoms with Gasteiger partial charge >= 0.3 is 0 Å². The lowest BCUT2D eigenvalue weighted by Gasteiger charge is -2.17. The Hall–Kier alpha value is -2.81. The van der Waals surface area contributed by atoms with E-state index in [9.17, 15) is 13.6 Å². The SMILES string of the molecule is Cc1cc(C(=O)NC(C)c2ccnc(NCOCC(C)C)c2)cnc1OCC(C)(F)F.[HH].[HH]. The largest absolute Gasteiger partial charge is 0.471 e. The van der Waals surface area contributed by atoms with Crippen molar-refractivity contribution in [3.8, 4) is 5.88 Å². The predicted octanol–water partition coefficient (Wildman–Crippen LogP) is 4.84. The van der Waals surface area contributed by atoms with E-state index in [1.54, 1.807) is 19.2 Å². The molecule has 0 bridgehead atoms. The highest BCUT2D eigenvalue weighted by Crippen LogP contribution is 2.20. The number of anilines is 1. The highest BCUT2D eigenvalue weighted by Gasteiger charge is 2.23. The Labute approximate surface area is 184 Å². The van der Waals surface area contributed by atoms with Gasteiger partial charge in [-0.3, -0.25) is 4.79 Å². The van der Waals surface area contributed by atoms with Crippen LogP contribution in [-0.4, -0.2) is 41.7 Å². The van der Waals surface area contributed by atoms with Crippen molar-refractivity contribution < 1.29 is 25.9 Å². The van der Waals surface area contributed by atoms with Crippen molar-refractivity contribution in [3.05, 3.63) is 47.3 Å². The minimum Gasteiger partial charge on any atom is -0.471 e. The van der Waals surface area contributed by atoms with Crippen LogP contribution in [0.2, 0.25) is 0 Å². The number of pyridine rings is 2. The molecule has 1 unspecified atom stereocenters. The lowest BCUT2D eigenvalue weighted by molar-refractivity contribution is -0.0244. The number of alkyl halides is 2. The van der Waals surface area contributed by atoms with Gasteiger partial charge in [-0.2, -0.15) is 0 Å². The third-order valence-electron chi connectivity index (χ3n) is 4.19. The zero-order chi connectivity index (χ0) is 23.0. The minimum atomic E-state index is -2.96. The molecule has 2 rings (SSSR count). The van der Waals surface area contributed by atoms with Gasteiger partial charge in [0.05, 0.1) is 18.2 Å². The normalized spacial score (nSPS) is 12.5. The van der Waals surface area contributed by atoms with Gasteiger partial charge in [0, 0.05) is 27.7 Å². The summed E-state index contributed by atoms with van der Waals surface area (Å²) in [5, 5.41) is 5.99. The van der Waals surface area contributed by atoms with E-state index in [0.717, 1.165) is 12.5 Å². The molecule has 0 aliphatic rings. The summed E-state index contributed by atoms with van der Waals surface area (Å²) in [6.07, 6.45) is 2.97. The van der Waals surface area contributed by atoms with Crippen molar-refractivity contribution >= 4 is 11.7 Å². The Morgan fingerprint density at radius 3 is 2.65 bits per heavy atom. The molecule has 0 saturated carbocycles. The Morgan fingerprint density at radius 1 is 1.26 bits per heavy atom. The fraction of sp³-hybridized carbons (Fsp3) is 0.500. The lowest BCUT2D eigenvalue weighted by atomic mass is 10.1. The van der Waals surface area contributed by atoms with Crippen LogP contribution in [0.15, 0.2) is 30.6 Å². The van der Waals surface area contributed by atoms with Gasteiger partial charge in [-0.1, -0.05) is 13.8 Å². The first-order valence-corrected chi connectivity index (χ1v) is 10.1. The Morgan fingerprint density at radius 2 is 2.00 bits per heavy atom. The van der Waals surface area contributed by atoms with Gasteiger partial charge in [-0.15, -0.1) is 0 Å². The smallest absolute Gasteiger partial charge is 0.278 e. The zero-order valence-corrected chi connectivity index (χ0v) is 18.5. The fourth-order valence-electron chi connectivity index (χ4n) is 2.63. The number of amides is 1. The van der Waals surface area contributed by atoms with Crippen LogP contribution in [0.5, 0.6) is 5.88 Å². The summed E-state index contributed by atoms with van der Waals surface area (Å²) in [4.78, 5) is 20.9. The second-order valence-electron chi connectivity index (χ2n) is 7.96. The van der Waals surface area contributed by atoms with Crippen LogP contribution >= 0.6 is 0 Å². The number of rotatable bonds is 11. The molecule has 0 spiro atoms. The number of aromatic nitrogens is 2. The number of hydrogen-bond donors (Lipinski definition) is 2. The molecule has 0 radical (unpaired) electrons. The number of nitrogens with one attached hydrogen (secondary N) is 2. The molecule has 1 atom stereocenters. The maximum atomic E-state index is 13.0. The van der Waals surface area contributed by atoms with Crippen LogP contribution in [0.25, 0.3) is 0 Å². The van der Waals surface area contributed by atoms with Gasteiger partial charge < -0.3 is 20.1 Å². The first-order valence-electron chi connectivity index (χ1n) is 10.1. The van der Waals surface area contributed by atoms with Gasteiger partial charge in [0.15, 0.2) is 6.61 Å². The third kappa shape index (κ3) is 8.45. The highest BCUT2D eigenvalue weighted by atomic mass is 19.3. The molecule has 0 saturated heterocycles. The number of carbonyl (C=O) groups is 1. The number of halogens is 2. The molecule has 31 heavy (non-hydrogen) atoms. The average Bonchev–Trinajstić information content (AvgIpc) is 2.69. The number of aryl methyl sites for hydroxylation is 1. The number of ether oxygens (including phenoxy) is 2. The summed E-state index contributed by atoms with van der Waals surface area (Å²) >= 11 is 0. The number of carbonyl (C=O) groups excluding carboxylic acids is 1. The predicted molar refractivity (Wildman–Crippen MR) is 119 cm³/mol. The van der Waals surface area contributed by atoms with Crippen molar-refractivity contribution in [1.82, 2.24) is 15.3 Å². The monoisotopic (exact) mass is 440 g/mol. The van der Waals surface area contributed by atoms with Crippen molar-refractivity contribution in [2.45, 2.75) is 46.6 Å². The van der Waals surface area contributed by atoms with E-state index in [1.165, 1.54) is 6.20 Å². The summed E-state index contributed by atoms with van der Waals surface area (Å²) in [7, 11) is 0. The van der Waals surface area contributed by atoms with Gasteiger partial charge in [-0.05, 0) is 43.5 Å². The topological polar surface area (TPSA) is 85.4 Å². The third-order valence-corrected chi connectivity index (χ3v) is 4.19. The van der Waals surface area contributed by atoms with E-state index < -0.39 is 12.5 Å². The molecule has 9 heteroatoms. The molecule has 2 heterocycles. The second kappa shape index (κ2) is 11.0. The summed E-state index contributed by atoms with van der Waals surface area (Å²) in [6, 6.07) is 4.93. The standard InChI is InChI=1S/C22H30F2N4O3.2H2/c1-14(2)11-30-13-27-19-9-17(6-7-25-19)16(4)28-20(29)18-8-15(3)21(26-10-18)31-12-22(5,23)24;;/h6-10,14,16H,11-13H2,1-5H3,(H,25,27)(H,28,29);2*1H. The Kier molecular flexibility index (Phi) is 8.67. The molecule has 174 valence electrons. The molecule has 0 fully saturated rings. The molecule has 0 aliphatic carbocycles. The van der Waals surface area contributed by atoms with Crippen LogP contribution in [0.3, 0.4) is 0 Å². The molecular weight excluding hydrogens is 406 g/mol. The minimum absolute atomic E-state index is 0. The molecule has 0 aromatic carbocycles. The number of nitrogens with zero attached hydrogens (tertiary/aromatic N) is 2. The van der Waals surface area contributed by atoms with Crippen LogP contribution in [0.1, 0.15) is 58.1 Å². The molecule has 2 aromatic heterocycles. The van der Waals surface area contributed by atoms with Crippen LogP contribution in [0, 0.1) is 12.8 Å². The molecule has 2 aromatic rings. The van der Waals surface area contributed by atoms with Crippen molar-refractivity contribution in [1.29, 1.82) is 0 Å². The van der Waals surface area contributed by atoms with E-state index in [4.69, 9.17) is 9.47 Å². The van der Waals surface area contributed by atoms with Crippen molar-refractivity contribution in [2.24, 2.45) is 5.92 Å². The lowest BCUT2D eigenvalue weighted by Crippen LogP contribution is -2.27. The van der Waals surface area contributed by atoms with Gasteiger partial charge in [-0.25, -0.2) is 18.7 Å². The first-order chi connectivity index (χ1) is 14.5. The van der Waals surface area contributed by atoms with Gasteiger partial charge in [0.1, 0.15) is 12.5 Å². The van der Waals surface area contributed by atoms with E-state index in [1.807, 2.05) is 19.1 Å². The highest BCUT2D eigenvalue weighted by molar-refractivity contribution is 5.94. The van der Waals surface area contributed by atoms with Crippen molar-refractivity contribution in [2.75, 3.05) is 25.3 Å². The van der Waals surface area contributed by atoms with E-state index in [2.05, 4.69) is 34.4 Å². The molecule has 0 aliphatic heterocycles. The van der Waals surface area contributed by atoms with E-state index in [-0.39, 0.29) is 20.7 Å². The maximum Gasteiger partial charge on any atom is 0.278 e. The first kappa shape index (κ1) is 24.5. The summed E-state index contributed by atoms with van der Waals surface area (Å²) in [5.41, 5.74) is 1.68. The average molecular weight is 441 g/mol. The Bertz CT molecular complexity index is 883. The summed E-state index contributed by atoms with van der Waals surface area (Å²) in [5.74, 6) is -2.12. The van der Waals surface area contributed by atoms with Crippen molar-refractivity contribution in [3.63, 3.8) is 0 Å². The van der Waals surface area contributed by atoms with Crippen LogP contribution < -0.4 is 15.4 Å². The van der Waals surface area contributed by atoms with Crippen LogP contribution in [0.4, 0.5) is 14.6 Å². The second-order valence-corrected chi connectivity index (χ2v) is 7.96. The quantitative estimate of drug-likeness (QED) is 0.384. The molecular formula is C22H34F2N4O3. The Balaban J connectivity index is 0.00000512. The van der Waals surface area contributed by atoms with E-state index in [0.29, 0.717) is 36.2 Å². The summed E-state index contributed by atoms with van der Waals surface area (Å²) < 4.78 is 36.5. The van der Waals surface area contributed by atoms with Gasteiger partial charge in [0.25, 0.3) is 11.8 Å². The van der Waals surface area contributed by atoms with E-state index >= 15 is 0 Å². The molecule has 1 amide bonds. The summed E-state index contributed by atoms with van der Waals surface area (Å²) in [6.45, 7) is 8.64. The maximum absolute atomic E-state index is 13.0. The van der Waals surface area contributed by atoms with Gasteiger partial charge in [0.2, 0.25) is 5.88 Å². The zero-order valence-electron chi connectivity index (χ0n) is 18.5. The molecule has 2 N–H and O–H groups in total. The number of hydrogen-bond acceptors (Lipinski definition) is 6. The fourth-order valence-corrected chi connectivity index (χ4v) is 2.63. The molecule has 7 nitrogen and oxygen atoms in total.